The van der Waals surface area contributed by atoms with Crippen molar-refractivity contribution < 1.29 is 5.11 Å². The molecule has 76 valence electrons. The standard InChI is InChI=1S/C12H22O/c1-2-10-3-5-11(6-4-10)9-12(13)7-8-12/h10-11,13H,2-9H2,1H3. The maximum Gasteiger partial charge on any atom is 0.0652 e. The second-order valence-electron chi connectivity index (χ2n) is 5.22. The van der Waals surface area contributed by atoms with Gasteiger partial charge in [-0.05, 0) is 31.1 Å². The highest BCUT2D eigenvalue weighted by molar-refractivity contribution is 4.95. The average Bonchev–Trinajstić information content (AvgIpc) is 2.85. The van der Waals surface area contributed by atoms with Crippen LogP contribution in [0.15, 0.2) is 0 Å². The van der Waals surface area contributed by atoms with Crippen LogP contribution in [0.1, 0.15) is 58.3 Å². The normalized spacial score (nSPS) is 37.4. The summed E-state index contributed by atoms with van der Waals surface area (Å²) in [6, 6.07) is 0. The Morgan fingerprint density at radius 3 is 2.08 bits per heavy atom. The van der Waals surface area contributed by atoms with Gasteiger partial charge in [-0.15, -0.1) is 0 Å². The Morgan fingerprint density at radius 2 is 1.62 bits per heavy atom. The SMILES string of the molecule is CCC1CCC(CC2(O)CC2)CC1. The van der Waals surface area contributed by atoms with Crippen molar-refractivity contribution in [2.45, 2.75) is 63.9 Å². The van der Waals surface area contributed by atoms with Crippen molar-refractivity contribution in [1.29, 1.82) is 0 Å². The Kier molecular flexibility index (Phi) is 2.64. The topological polar surface area (TPSA) is 20.2 Å². The molecule has 1 N–H and O–H groups in total. The summed E-state index contributed by atoms with van der Waals surface area (Å²) < 4.78 is 0. The smallest absolute Gasteiger partial charge is 0.0652 e. The van der Waals surface area contributed by atoms with Crippen molar-refractivity contribution in [2.24, 2.45) is 11.8 Å². The minimum atomic E-state index is -0.205. The van der Waals surface area contributed by atoms with E-state index in [0.29, 0.717) is 0 Å². The first-order valence-electron chi connectivity index (χ1n) is 5.94. The number of aliphatic hydroxyl groups is 1. The van der Waals surface area contributed by atoms with Gasteiger partial charge in [0.2, 0.25) is 0 Å². The highest BCUT2D eigenvalue weighted by atomic mass is 16.3. The zero-order valence-corrected chi connectivity index (χ0v) is 8.76. The van der Waals surface area contributed by atoms with Gasteiger partial charge in [0.25, 0.3) is 0 Å². The van der Waals surface area contributed by atoms with Gasteiger partial charge in [-0.3, -0.25) is 0 Å². The van der Waals surface area contributed by atoms with Crippen molar-refractivity contribution in [3.8, 4) is 0 Å². The van der Waals surface area contributed by atoms with Gasteiger partial charge < -0.3 is 5.11 Å². The fourth-order valence-corrected chi connectivity index (χ4v) is 2.73. The summed E-state index contributed by atoms with van der Waals surface area (Å²) in [5.74, 6) is 1.83. The molecule has 1 heteroatoms. The van der Waals surface area contributed by atoms with E-state index >= 15 is 0 Å². The molecule has 2 aliphatic rings. The van der Waals surface area contributed by atoms with Gasteiger partial charge in [0.1, 0.15) is 0 Å². The lowest BCUT2D eigenvalue weighted by molar-refractivity contribution is 0.101. The van der Waals surface area contributed by atoms with Crippen LogP contribution in [0, 0.1) is 11.8 Å². The molecule has 0 aromatic carbocycles. The van der Waals surface area contributed by atoms with Crippen molar-refractivity contribution >= 4 is 0 Å². The molecule has 0 saturated heterocycles. The second kappa shape index (κ2) is 3.61. The van der Waals surface area contributed by atoms with E-state index in [1.165, 1.54) is 32.1 Å². The Labute approximate surface area is 81.5 Å². The zero-order chi connectivity index (χ0) is 9.31. The first kappa shape index (κ1) is 9.51. The third-order valence-electron chi connectivity index (χ3n) is 4.04. The number of hydrogen-bond donors (Lipinski definition) is 1. The second-order valence-corrected chi connectivity index (χ2v) is 5.22. The molecule has 0 unspecified atom stereocenters. The summed E-state index contributed by atoms with van der Waals surface area (Å²) in [7, 11) is 0. The minimum Gasteiger partial charge on any atom is -0.390 e. The van der Waals surface area contributed by atoms with E-state index in [2.05, 4.69) is 6.92 Å². The van der Waals surface area contributed by atoms with Crippen molar-refractivity contribution in [2.75, 3.05) is 0 Å². The van der Waals surface area contributed by atoms with Gasteiger partial charge in [0, 0.05) is 0 Å². The lowest BCUT2D eigenvalue weighted by Gasteiger charge is -2.29. The van der Waals surface area contributed by atoms with Crippen LogP contribution in [0.25, 0.3) is 0 Å². The largest absolute Gasteiger partial charge is 0.390 e. The third-order valence-corrected chi connectivity index (χ3v) is 4.04. The summed E-state index contributed by atoms with van der Waals surface area (Å²) in [6.07, 6.45) is 10.2. The fourth-order valence-electron chi connectivity index (χ4n) is 2.73. The number of hydrogen-bond acceptors (Lipinski definition) is 1. The van der Waals surface area contributed by atoms with Gasteiger partial charge in [0.15, 0.2) is 0 Å². The molecule has 2 saturated carbocycles. The monoisotopic (exact) mass is 182 g/mol. The van der Waals surface area contributed by atoms with E-state index in [-0.39, 0.29) is 5.60 Å². The quantitative estimate of drug-likeness (QED) is 0.711. The van der Waals surface area contributed by atoms with E-state index in [4.69, 9.17) is 0 Å². The fraction of sp³-hybridized carbons (Fsp3) is 1.00. The van der Waals surface area contributed by atoms with Crippen LogP contribution in [-0.4, -0.2) is 10.7 Å². The van der Waals surface area contributed by atoms with Crippen LogP contribution in [0.5, 0.6) is 0 Å². The molecular weight excluding hydrogens is 160 g/mol. The first-order chi connectivity index (χ1) is 6.22. The first-order valence-corrected chi connectivity index (χ1v) is 5.94. The summed E-state index contributed by atoms with van der Waals surface area (Å²) in [6.45, 7) is 2.30. The third kappa shape index (κ3) is 2.46. The number of rotatable bonds is 3. The van der Waals surface area contributed by atoms with Crippen LogP contribution in [0.3, 0.4) is 0 Å². The van der Waals surface area contributed by atoms with E-state index in [0.717, 1.165) is 31.1 Å². The van der Waals surface area contributed by atoms with Crippen LogP contribution >= 0.6 is 0 Å². The summed E-state index contributed by atoms with van der Waals surface area (Å²) >= 11 is 0. The van der Waals surface area contributed by atoms with Gasteiger partial charge in [-0.25, -0.2) is 0 Å². The zero-order valence-electron chi connectivity index (χ0n) is 8.76. The molecule has 0 aliphatic heterocycles. The van der Waals surface area contributed by atoms with E-state index in [9.17, 15) is 5.11 Å². The molecule has 2 fully saturated rings. The molecule has 1 nitrogen and oxygen atoms in total. The molecule has 0 spiro atoms. The minimum absolute atomic E-state index is 0.205. The van der Waals surface area contributed by atoms with Crippen molar-refractivity contribution in [3.63, 3.8) is 0 Å². The molecule has 0 heterocycles. The predicted octanol–water partition coefficient (Wildman–Crippen LogP) is 3.12. The van der Waals surface area contributed by atoms with E-state index in [1.54, 1.807) is 0 Å². The molecule has 0 aromatic rings. The molecule has 0 radical (unpaired) electrons. The molecule has 0 aromatic heterocycles. The molecule has 0 atom stereocenters. The van der Waals surface area contributed by atoms with E-state index < -0.39 is 0 Å². The lowest BCUT2D eigenvalue weighted by Crippen LogP contribution is -2.20. The molecule has 2 aliphatic carbocycles. The highest BCUT2D eigenvalue weighted by Gasteiger charge is 2.42. The van der Waals surface area contributed by atoms with Gasteiger partial charge in [-0.1, -0.05) is 39.0 Å². The van der Waals surface area contributed by atoms with Crippen LogP contribution < -0.4 is 0 Å². The van der Waals surface area contributed by atoms with Gasteiger partial charge in [-0.2, -0.15) is 0 Å². The van der Waals surface area contributed by atoms with Gasteiger partial charge in [0.05, 0.1) is 5.60 Å². The molecule has 0 amide bonds. The van der Waals surface area contributed by atoms with Crippen LogP contribution in [0.4, 0.5) is 0 Å². The van der Waals surface area contributed by atoms with Crippen LogP contribution in [-0.2, 0) is 0 Å². The summed E-state index contributed by atoms with van der Waals surface area (Å²) in [5.41, 5.74) is -0.205. The maximum atomic E-state index is 9.80. The van der Waals surface area contributed by atoms with Gasteiger partial charge >= 0.3 is 0 Å². The Hall–Kier alpha value is -0.0400. The highest BCUT2D eigenvalue weighted by Crippen LogP contribution is 2.44. The Morgan fingerprint density at radius 1 is 1.08 bits per heavy atom. The summed E-state index contributed by atoms with van der Waals surface area (Å²) in [5, 5.41) is 9.80. The Bertz CT molecular complexity index is 164. The van der Waals surface area contributed by atoms with Crippen molar-refractivity contribution in [3.05, 3.63) is 0 Å². The molecule has 13 heavy (non-hydrogen) atoms. The van der Waals surface area contributed by atoms with E-state index in [1.807, 2.05) is 0 Å². The van der Waals surface area contributed by atoms with Crippen LogP contribution in [0.2, 0.25) is 0 Å². The lowest BCUT2D eigenvalue weighted by atomic mass is 9.78. The molecule has 2 rings (SSSR count). The molecule has 0 bridgehead atoms. The predicted molar refractivity (Wildman–Crippen MR) is 54.5 cm³/mol. The maximum absolute atomic E-state index is 9.80. The molecular formula is C12H22O. The summed E-state index contributed by atoms with van der Waals surface area (Å²) in [4.78, 5) is 0. The van der Waals surface area contributed by atoms with Crippen molar-refractivity contribution in [1.82, 2.24) is 0 Å². The Balaban J connectivity index is 1.72. The average molecular weight is 182 g/mol.